The van der Waals surface area contributed by atoms with Crippen molar-refractivity contribution >= 4 is 18.0 Å². The summed E-state index contributed by atoms with van der Waals surface area (Å²) in [7, 11) is 0. The van der Waals surface area contributed by atoms with Crippen molar-refractivity contribution in [2.75, 3.05) is 18.1 Å². The van der Waals surface area contributed by atoms with Crippen molar-refractivity contribution in [1.29, 1.82) is 0 Å². The van der Waals surface area contributed by atoms with Crippen LogP contribution in [0.25, 0.3) is 0 Å². The molecule has 2 rings (SSSR count). The largest absolute Gasteiger partial charge is 0.369 e. The van der Waals surface area contributed by atoms with E-state index in [1.165, 1.54) is 6.07 Å². The zero-order chi connectivity index (χ0) is 10.7. The van der Waals surface area contributed by atoms with Crippen molar-refractivity contribution in [3.63, 3.8) is 0 Å². The molecule has 80 valence electrons. The van der Waals surface area contributed by atoms with Crippen LogP contribution in [0.2, 0.25) is 0 Å². The number of thioether (sulfide) groups is 1. The van der Waals surface area contributed by atoms with Gasteiger partial charge in [0.15, 0.2) is 6.29 Å². The Hall–Kier alpha value is -1.14. The molecule has 1 atom stereocenters. The van der Waals surface area contributed by atoms with Crippen molar-refractivity contribution in [3.05, 3.63) is 27.9 Å². The lowest BCUT2D eigenvalue weighted by Gasteiger charge is -2.21. The van der Waals surface area contributed by atoms with Crippen LogP contribution in [0.4, 0.5) is 0 Å². The Kier molecular flexibility index (Phi) is 3.17. The summed E-state index contributed by atoms with van der Waals surface area (Å²) < 4.78 is 5.45. The van der Waals surface area contributed by atoms with Gasteiger partial charge in [0.25, 0.3) is 5.56 Å². The number of aldehydes is 1. The topological polar surface area (TPSA) is 72.0 Å². The number of hydrogen-bond donors (Lipinski definition) is 1. The predicted molar refractivity (Wildman–Crippen MR) is 56.3 cm³/mol. The van der Waals surface area contributed by atoms with Crippen LogP contribution < -0.4 is 5.56 Å². The normalized spacial score (nSPS) is 21.2. The third-order valence-electron chi connectivity index (χ3n) is 2.02. The van der Waals surface area contributed by atoms with Crippen LogP contribution >= 0.6 is 11.8 Å². The van der Waals surface area contributed by atoms with Gasteiger partial charge in [-0.1, -0.05) is 0 Å². The van der Waals surface area contributed by atoms with E-state index in [0.29, 0.717) is 18.7 Å². The summed E-state index contributed by atoms with van der Waals surface area (Å²) >= 11 is 1.74. The lowest BCUT2D eigenvalue weighted by Crippen LogP contribution is -2.22. The highest BCUT2D eigenvalue weighted by Crippen LogP contribution is 2.23. The van der Waals surface area contributed by atoms with Gasteiger partial charge in [-0.15, -0.1) is 0 Å². The molecule has 1 aromatic heterocycles. The van der Waals surface area contributed by atoms with Gasteiger partial charge in [-0.05, 0) is 0 Å². The van der Waals surface area contributed by atoms with Crippen LogP contribution in [-0.2, 0) is 4.74 Å². The summed E-state index contributed by atoms with van der Waals surface area (Å²) in [4.78, 5) is 28.3. The summed E-state index contributed by atoms with van der Waals surface area (Å²) in [6, 6.07) is 1.17. The number of aromatic amines is 1. The quantitative estimate of drug-likeness (QED) is 0.738. The first-order chi connectivity index (χ1) is 7.29. The summed E-state index contributed by atoms with van der Waals surface area (Å²) in [5, 5.41) is 0. The van der Waals surface area contributed by atoms with E-state index in [0.717, 1.165) is 11.5 Å². The maximum absolute atomic E-state index is 11.2. The standard InChI is InChI=1S/C9H10N2O3S/c12-4-6-3-8(13)11-9(10-6)7-5-15-2-1-14-7/h3-4,7H,1-2,5H2,(H,10,11,13). The van der Waals surface area contributed by atoms with Gasteiger partial charge in [0.1, 0.15) is 17.6 Å². The molecule has 5 nitrogen and oxygen atoms in total. The number of rotatable bonds is 2. The predicted octanol–water partition coefficient (Wildman–Crippen LogP) is 0.387. The van der Waals surface area contributed by atoms with E-state index in [2.05, 4.69) is 9.97 Å². The highest BCUT2D eigenvalue weighted by Gasteiger charge is 2.19. The molecule has 1 saturated heterocycles. The Balaban J connectivity index is 2.29. The molecule has 0 aliphatic carbocycles. The third-order valence-corrected chi connectivity index (χ3v) is 3.02. The SMILES string of the molecule is O=Cc1cc(=O)[nH]c(C2CSCCO2)n1. The van der Waals surface area contributed by atoms with Gasteiger partial charge in [-0.2, -0.15) is 11.8 Å². The molecule has 2 heterocycles. The van der Waals surface area contributed by atoms with Crippen molar-refractivity contribution in [2.45, 2.75) is 6.10 Å². The average molecular weight is 226 g/mol. The van der Waals surface area contributed by atoms with Crippen LogP contribution in [0.3, 0.4) is 0 Å². The second-order valence-electron chi connectivity index (χ2n) is 3.11. The second-order valence-corrected chi connectivity index (χ2v) is 4.26. The molecule has 1 fully saturated rings. The van der Waals surface area contributed by atoms with Gasteiger partial charge in [-0.25, -0.2) is 4.98 Å². The second kappa shape index (κ2) is 4.59. The molecule has 1 N–H and O–H groups in total. The number of aromatic nitrogens is 2. The van der Waals surface area contributed by atoms with Crippen molar-refractivity contribution in [3.8, 4) is 0 Å². The molecule has 0 aromatic carbocycles. The first kappa shape index (κ1) is 10.4. The van der Waals surface area contributed by atoms with Crippen LogP contribution in [0, 0.1) is 0 Å². The van der Waals surface area contributed by atoms with Crippen LogP contribution in [-0.4, -0.2) is 34.4 Å². The summed E-state index contributed by atoms with van der Waals surface area (Å²) in [6.07, 6.45) is 0.352. The van der Waals surface area contributed by atoms with Crippen molar-refractivity contribution < 1.29 is 9.53 Å². The number of carbonyl (C=O) groups excluding carboxylic acids is 1. The fraction of sp³-hybridized carbons (Fsp3) is 0.444. The van der Waals surface area contributed by atoms with Gasteiger partial charge in [0.2, 0.25) is 0 Å². The number of carbonyl (C=O) groups is 1. The van der Waals surface area contributed by atoms with E-state index in [4.69, 9.17) is 4.74 Å². The van der Waals surface area contributed by atoms with E-state index < -0.39 is 0 Å². The molecule has 6 heteroatoms. The molecular weight excluding hydrogens is 216 g/mol. The Labute approximate surface area is 90.2 Å². The zero-order valence-corrected chi connectivity index (χ0v) is 8.75. The van der Waals surface area contributed by atoms with Gasteiger partial charge >= 0.3 is 0 Å². The summed E-state index contributed by atoms with van der Waals surface area (Å²) in [5.74, 6) is 2.15. The molecule has 1 aliphatic heterocycles. The first-order valence-electron chi connectivity index (χ1n) is 4.55. The lowest BCUT2D eigenvalue weighted by atomic mass is 10.3. The maximum atomic E-state index is 11.2. The molecule has 0 amide bonds. The Morgan fingerprint density at radius 3 is 3.20 bits per heavy atom. The van der Waals surface area contributed by atoms with Crippen LogP contribution in [0.15, 0.2) is 10.9 Å². The molecule has 15 heavy (non-hydrogen) atoms. The molecular formula is C9H10N2O3S. The third kappa shape index (κ3) is 2.45. The minimum absolute atomic E-state index is 0.146. The summed E-state index contributed by atoms with van der Waals surface area (Å²) in [6.45, 7) is 0.643. The monoisotopic (exact) mass is 226 g/mol. The fourth-order valence-electron chi connectivity index (χ4n) is 1.35. The molecule has 0 radical (unpaired) electrons. The van der Waals surface area contributed by atoms with Crippen molar-refractivity contribution in [1.82, 2.24) is 9.97 Å². The zero-order valence-electron chi connectivity index (χ0n) is 7.93. The Morgan fingerprint density at radius 2 is 2.53 bits per heavy atom. The van der Waals surface area contributed by atoms with Crippen molar-refractivity contribution in [2.24, 2.45) is 0 Å². The summed E-state index contributed by atoms with van der Waals surface area (Å²) in [5.41, 5.74) is -0.172. The molecule has 1 aliphatic rings. The van der Waals surface area contributed by atoms with E-state index in [1.54, 1.807) is 11.8 Å². The Morgan fingerprint density at radius 1 is 1.67 bits per heavy atom. The van der Waals surface area contributed by atoms with Gasteiger partial charge in [0, 0.05) is 17.6 Å². The fourth-order valence-corrected chi connectivity index (χ4v) is 2.20. The van der Waals surface area contributed by atoms with E-state index in [-0.39, 0.29) is 17.4 Å². The van der Waals surface area contributed by atoms with E-state index >= 15 is 0 Å². The van der Waals surface area contributed by atoms with Gasteiger partial charge in [-0.3, -0.25) is 9.59 Å². The van der Waals surface area contributed by atoms with E-state index in [9.17, 15) is 9.59 Å². The first-order valence-corrected chi connectivity index (χ1v) is 5.71. The molecule has 0 bridgehead atoms. The Bertz CT molecular complexity index is 412. The van der Waals surface area contributed by atoms with E-state index in [1.807, 2.05) is 0 Å². The molecule has 0 spiro atoms. The smallest absolute Gasteiger partial charge is 0.251 e. The highest BCUT2D eigenvalue weighted by molar-refractivity contribution is 7.99. The number of nitrogens with zero attached hydrogens (tertiary/aromatic N) is 1. The number of ether oxygens (including phenoxy) is 1. The molecule has 1 unspecified atom stereocenters. The maximum Gasteiger partial charge on any atom is 0.251 e. The van der Waals surface area contributed by atoms with Gasteiger partial charge < -0.3 is 9.72 Å². The number of H-pyrrole nitrogens is 1. The van der Waals surface area contributed by atoms with Crippen LogP contribution in [0.1, 0.15) is 22.4 Å². The molecule has 1 aromatic rings. The minimum atomic E-state index is -0.318. The lowest BCUT2D eigenvalue weighted by molar-refractivity contribution is 0.0690. The van der Waals surface area contributed by atoms with Gasteiger partial charge in [0.05, 0.1) is 6.61 Å². The minimum Gasteiger partial charge on any atom is -0.369 e. The number of nitrogens with one attached hydrogen (secondary N) is 1. The average Bonchev–Trinajstić information content (AvgIpc) is 2.29. The molecule has 0 saturated carbocycles. The van der Waals surface area contributed by atoms with Crippen LogP contribution in [0.5, 0.6) is 0 Å². The number of hydrogen-bond acceptors (Lipinski definition) is 5. The highest BCUT2D eigenvalue weighted by atomic mass is 32.2.